The second-order valence-corrected chi connectivity index (χ2v) is 4.25. The minimum absolute atomic E-state index is 0.196. The maximum Gasteiger partial charge on any atom is 0.165 e. The smallest absolute Gasteiger partial charge is 0.165 e. The summed E-state index contributed by atoms with van der Waals surface area (Å²) in [6, 6.07) is 6.61. The Morgan fingerprint density at radius 1 is 1.28 bits per heavy atom. The van der Waals surface area contributed by atoms with E-state index in [2.05, 4.69) is 0 Å². The molecule has 18 heavy (non-hydrogen) atoms. The van der Waals surface area contributed by atoms with Gasteiger partial charge >= 0.3 is 0 Å². The van der Waals surface area contributed by atoms with Gasteiger partial charge in [-0.3, -0.25) is 0 Å². The van der Waals surface area contributed by atoms with Crippen molar-refractivity contribution in [3.8, 4) is 5.75 Å². The molecule has 2 N–H and O–H groups in total. The molecule has 0 bridgehead atoms. The molecule has 0 aliphatic heterocycles. The first-order chi connectivity index (χ1) is 8.60. The highest BCUT2D eigenvalue weighted by atomic mass is 19.1. The van der Waals surface area contributed by atoms with E-state index in [1.807, 2.05) is 19.9 Å². The van der Waals surface area contributed by atoms with Crippen molar-refractivity contribution in [1.29, 1.82) is 0 Å². The fourth-order valence-corrected chi connectivity index (χ4v) is 1.73. The zero-order valence-corrected chi connectivity index (χ0v) is 10.5. The Morgan fingerprint density at radius 2 is 2.06 bits per heavy atom. The third-order valence-electron chi connectivity index (χ3n) is 2.71. The lowest BCUT2D eigenvalue weighted by molar-refractivity contribution is 0.255. The molecule has 3 nitrogen and oxygen atoms in total. The summed E-state index contributed by atoms with van der Waals surface area (Å²) in [5.74, 6) is 1.24. The van der Waals surface area contributed by atoms with Crippen LogP contribution >= 0.6 is 0 Å². The van der Waals surface area contributed by atoms with Crippen molar-refractivity contribution in [3.05, 3.63) is 52.7 Å². The van der Waals surface area contributed by atoms with Crippen LogP contribution in [-0.4, -0.2) is 0 Å². The lowest BCUT2D eigenvalue weighted by Crippen LogP contribution is -1.97. The average molecular weight is 249 g/mol. The summed E-state index contributed by atoms with van der Waals surface area (Å²) in [7, 11) is 0. The Morgan fingerprint density at radius 3 is 2.72 bits per heavy atom. The predicted octanol–water partition coefficient (Wildman–Crippen LogP) is 3.07. The average Bonchev–Trinajstić information content (AvgIpc) is 2.71. The standard InChI is InChI=1S/C14H16FNO2/c1-9-3-4-12(15)13(5-9)17-8-11-6-10(2)14(7-16)18-11/h3-6H,7-8,16H2,1-2H3. The van der Waals surface area contributed by atoms with Gasteiger partial charge in [-0.2, -0.15) is 0 Å². The molecule has 1 heterocycles. The third-order valence-corrected chi connectivity index (χ3v) is 2.71. The van der Waals surface area contributed by atoms with Gasteiger partial charge in [0, 0.05) is 0 Å². The second kappa shape index (κ2) is 5.23. The monoisotopic (exact) mass is 249 g/mol. The van der Waals surface area contributed by atoms with E-state index in [9.17, 15) is 4.39 Å². The van der Waals surface area contributed by atoms with E-state index in [0.29, 0.717) is 12.3 Å². The quantitative estimate of drug-likeness (QED) is 0.905. The van der Waals surface area contributed by atoms with Crippen molar-refractivity contribution >= 4 is 0 Å². The first kappa shape index (κ1) is 12.6. The molecule has 0 aliphatic rings. The largest absolute Gasteiger partial charge is 0.483 e. The molecule has 0 fully saturated rings. The Balaban J connectivity index is 2.08. The summed E-state index contributed by atoms with van der Waals surface area (Å²) < 4.78 is 24.3. The molecule has 0 saturated carbocycles. The molecule has 1 aromatic heterocycles. The summed E-state index contributed by atoms with van der Waals surface area (Å²) in [6.45, 7) is 4.35. The SMILES string of the molecule is Cc1ccc(F)c(OCc2cc(C)c(CN)o2)c1. The van der Waals surface area contributed by atoms with Gasteiger partial charge in [0.1, 0.15) is 18.1 Å². The number of furan rings is 1. The van der Waals surface area contributed by atoms with Gasteiger partial charge in [0.05, 0.1) is 6.54 Å². The van der Waals surface area contributed by atoms with E-state index in [0.717, 1.165) is 16.9 Å². The van der Waals surface area contributed by atoms with Gasteiger partial charge in [0.15, 0.2) is 11.6 Å². The minimum atomic E-state index is -0.372. The number of rotatable bonds is 4. The van der Waals surface area contributed by atoms with Crippen LogP contribution in [0.25, 0.3) is 0 Å². The van der Waals surface area contributed by atoms with E-state index in [4.69, 9.17) is 14.9 Å². The molecular weight excluding hydrogens is 233 g/mol. The molecule has 0 spiro atoms. The Labute approximate surface area is 105 Å². The fourth-order valence-electron chi connectivity index (χ4n) is 1.73. The van der Waals surface area contributed by atoms with Crippen LogP contribution < -0.4 is 10.5 Å². The van der Waals surface area contributed by atoms with E-state index >= 15 is 0 Å². The fraction of sp³-hybridized carbons (Fsp3) is 0.286. The zero-order chi connectivity index (χ0) is 13.1. The molecule has 2 rings (SSSR count). The first-order valence-corrected chi connectivity index (χ1v) is 5.77. The molecule has 0 amide bonds. The number of aryl methyl sites for hydroxylation is 2. The summed E-state index contributed by atoms with van der Waals surface area (Å²) >= 11 is 0. The van der Waals surface area contributed by atoms with Gasteiger partial charge in [-0.15, -0.1) is 0 Å². The molecule has 2 aromatic rings. The van der Waals surface area contributed by atoms with Crippen molar-refractivity contribution < 1.29 is 13.5 Å². The summed E-state index contributed by atoms with van der Waals surface area (Å²) in [4.78, 5) is 0. The van der Waals surface area contributed by atoms with Crippen molar-refractivity contribution in [1.82, 2.24) is 0 Å². The van der Waals surface area contributed by atoms with Crippen LogP contribution in [0.15, 0.2) is 28.7 Å². The zero-order valence-electron chi connectivity index (χ0n) is 10.5. The first-order valence-electron chi connectivity index (χ1n) is 5.77. The van der Waals surface area contributed by atoms with Crippen LogP contribution in [0.4, 0.5) is 4.39 Å². The number of hydrogen-bond acceptors (Lipinski definition) is 3. The van der Waals surface area contributed by atoms with Crippen LogP contribution in [-0.2, 0) is 13.2 Å². The van der Waals surface area contributed by atoms with Crippen molar-refractivity contribution in [3.63, 3.8) is 0 Å². The number of halogens is 1. The third kappa shape index (κ3) is 2.71. The topological polar surface area (TPSA) is 48.4 Å². The van der Waals surface area contributed by atoms with Gasteiger partial charge in [-0.1, -0.05) is 6.07 Å². The Kier molecular flexibility index (Phi) is 3.67. The lowest BCUT2D eigenvalue weighted by atomic mass is 10.2. The van der Waals surface area contributed by atoms with Crippen molar-refractivity contribution in [2.75, 3.05) is 0 Å². The highest BCUT2D eigenvalue weighted by Gasteiger charge is 2.08. The van der Waals surface area contributed by atoms with E-state index in [-0.39, 0.29) is 18.2 Å². The normalized spacial score (nSPS) is 10.7. The summed E-state index contributed by atoms with van der Waals surface area (Å²) in [5, 5.41) is 0. The van der Waals surface area contributed by atoms with Crippen LogP contribution in [0.5, 0.6) is 5.75 Å². The molecular formula is C14H16FNO2. The lowest BCUT2D eigenvalue weighted by Gasteiger charge is -2.06. The highest BCUT2D eigenvalue weighted by Crippen LogP contribution is 2.21. The minimum Gasteiger partial charge on any atom is -0.483 e. The number of benzene rings is 1. The Bertz CT molecular complexity index is 549. The van der Waals surface area contributed by atoms with Gasteiger partial charge in [-0.25, -0.2) is 4.39 Å². The van der Waals surface area contributed by atoms with Crippen LogP contribution in [0.2, 0.25) is 0 Å². The molecule has 0 unspecified atom stereocenters. The summed E-state index contributed by atoms with van der Waals surface area (Å²) in [5.41, 5.74) is 7.46. The van der Waals surface area contributed by atoms with Gasteiger partial charge in [-0.05, 0) is 43.2 Å². The summed E-state index contributed by atoms with van der Waals surface area (Å²) in [6.07, 6.45) is 0. The molecule has 96 valence electrons. The van der Waals surface area contributed by atoms with E-state index in [1.165, 1.54) is 6.07 Å². The number of nitrogens with two attached hydrogens (primary N) is 1. The van der Waals surface area contributed by atoms with Crippen molar-refractivity contribution in [2.45, 2.75) is 27.0 Å². The molecule has 4 heteroatoms. The van der Waals surface area contributed by atoms with Crippen LogP contribution in [0.3, 0.4) is 0 Å². The van der Waals surface area contributed by atoms with Gasteiger partial charge < -0.3 is 14.9 Å². The molecule has 0 saturated heterocycles. The molecule has 0 aliphatic carbocycles. The van der Waals surface area contributed by atoms with Crippen LogP contribution in [0.1, 0.15) is 22.6 Å². The number of hydrogen-bond donors (Lipinski definition) is 1. The molecule has 1 aromatic carbocycles. The van der Waals surface area contributed by atoms with Crippen LogP contribution in [0, 0.1) is 19.7 Å². The maximum atomic E-state index is 13.4. The van der Waals surface area contributed by atoms with E-state index < -0.39 is 0 Å². The highest BCUT2D eigenvalue weighted by molar-refractivity contribution is 5.29. The second-order valence-electron chi connectivity index (χ2n) is 4.25. The maximum absolute atomic E-state index is 13.4. The predicted molar refractivity (Wildman–Crippen MR) is 66.8 cm³/mol. The number of ether oxygens (including phenoxy) is 1. The van der Waals surface area contributed by atoms with Crippen molar-refractivity contribution in [2.24, 2.45) is 5.73 Å². The Hall–Kier alpha value is -1.81. The van der Waals surface area contributed by atoms with E-state index in [1.54, 1.807) is 12.1 Å². The molecule has 0 atom stereocenters. The van der Waals surface area contributed by atoms with Gasteiger partial charge in [0.25, 0.3) is 0 Å². The van der Waals surface area contributed by atoms with Gasteiger partial charge in [0.2, 0.25) is 0 Å². The molecule has 0 radical (unpaired) electrons.